The largest absolute Gasteiger partial charge is 0.491 e. The minimum absolute atomic E-state index is 0.177. The summed E-state index contributed by atoms with van der Waals surface area (Å²) in [6.45, 7) is 4.90. The summed E-state index contributed by atoms with van der Waals surface area (Å²) in [6.07, 6.45) is 6.74. The van der Waals surface area contributed by atoms with Crippen molar-refractivity contribution in [3.63, 3.8) is 0 Å². The predicted octanol–water partition coefficient (Wildman–Crippen LogP) is 2.78. The van der Waals surface area contributed by atoms with Crippen molar-refractivity contribution in [2.75, 3.05) is 44.8 Å². The number of rotatable bonds is 6. The molecule has 2 fully saturated rings. The van der Waals surface area contributed by atoms with Crippen LogP contribution in [0, 0.1) is 0 Å². The summed E-state index contributed by atoms with van der Waals surface area (Å²) in [4.78, 5) is 35.1. The molecule has 37 heavy (non-hydrogen) atoms. The summed E-state index contributed by atoms with van der Waals surface area (Å²) in [7, 11) is 1.96. The predicted molar refractivity (Wildman–Crippen MR) is 136 cm³/mol. The van der Waals surface area contributed by atoms with Crippen LogP contribution in [0.4, 0.5) is 5.82 Å². The monoisotopic (exact) mass is 505 g/mol. The number of carbonyl (C=O) groups excluding carboxylic acids is 2. The van der Waals surface area contributed by atoms with E-state index in [1.807, 2.05) is 34.8 Å². The molecule has 2 amide bonds. The third kappa shape index (κ3) is 4.34. The van der Waals surface area contributed by atoms with Crippen molar-refractivity contribution in [2.24, 2.45) is 7.05 Å². The molecule has 2 saturated heterocycles. The summed E-state index contributed by atoms with van der Waals surface area (Å²) in [5.74, 6) is 1.27. The second kappa shape index (κ2) is 9.42. The normalized spacial score (nSPS) is 21.1. The van der Waals surface area contributed by atoms with Crippen molar-refractivity contribution in [3.05, 3.63) is 35.8 Å². The van der Waals surface area contributed by atoms with E-state index in [2.05, 4.69) is 10.3 Å². The molecule has 0 radical (unpaired) electrons. The van der Waals surface area contributed by atoms with E-state index < -0.39 is 5.60 Å². The Morgan fingerprint density at radius 3 is 2.92 bits per heavy atom. The summed E-state index contributed by atoms with van der Waals surface area (Å²) in [6, 6.07) is 3.87. The zero-order chi connectivity index (χ0) is 25.6. The number of likely N-dealkylation sites (tertiary alicyclic amines) is 1. The Morgan fingerprint density at radius 2 is 2.16 bits per heavy atom. The quantitative estimate of drug-likeness (QED) is 0.549. The first-order valence-corrected chi connectivity index (χ1v) is 12.8. The maximum atomic E-state index is 12.1. The number of nitrogens with zero attached hydrogens (tertiary/aromatic N) is 4. The van der Waals surface area contributed by atoms with Crippen LogP contribution in [0.1, 0.15) is 37.4 Å². The average molecular weight is 506 g/mol. The Morgan fingerprint density at radius 1 is 1.27 bits per heavy atom. The fourth-order valence-corrected chi connectivity index (χ4v) is 5.63. The van der Waals surface area contributed by atoms with E-state index in [-0.39, 0.29) is 11.8 Å². The Kier molecular flexibility index (Phi) is 6.08. The minimum Gasteiger partial charge on any atom is -0.491 e. The molecule has 1 unspecified atom stereocenters. The van der Waals surface area contributed by atoms with Crippen molar-refractivity contribution in [1.29, 1.82) is 0 Å². The first kappa shape index (κ1) is 23.9. The number of nitrogens with one attached hydrogen (secondary N) is 1. The van der Waals surface area contributed by atoms with Gasteiger partial charge in [-0.1, -0.05) is 0 Å². The van der Waals surface area contributed by atoms with E-state index >= 15 is 0 Å². The lowest BCUT2D eigenvalue weighted by Crippen LogP contribution is -2.37. The number of aromatic nitrogens is 3. The molecule has 3 aromatic rings. The Balaban J connectivity index is 1.43. The fourth-order valence-electron chi connectivity index (χ4n) is 5.63. The van der Waals surface area contributed by atoms with Gasteiger partial charge in [-0.25, -0.2) is 9.97 Å². The third-order valence-corrected chi connectivity index (χ3v) is 7.48. The third-order valence-electron chi connectivity index (χ3n) is 7.48. The van der Waals surface area contributed by atoms with Crippen LogP contribution in [-0.4, -0.2) is 70.8 Å². The summed E-state index contributed by atoms with van der Waals surface area (Å²) in [5.41, 5.74) is 3.93. The van der Waals surface area contributed by atoms with Crippen molar-refractivity contribution in [3.8, 4) is 17.0 Å². The van der Waals surface area contributed by atoms with Crippen LogP contribution in [0.25, 0.3) is 22.2 Å². The number of amides is 2. The highest BCUT2D eigenvalue weighted by Crippen LogP contribution is 2.44. The van der Waals surface area contributed by atoms with Gasteiger partial charge in [0.1, 0.15) is 23.8 Å². The molecule has 10 heteroatoms. The molecule has 1 spiro atoms. The maximum Gasteiger partial charge on any atom is 0.222 e. The Labute approximate surface area is 214 Å². The van der Waals surface area contributed by atoms with Crippen LogP contribution in [-0.2, 0) is 38.1 Å². The average Bonchev–Trinajstić information content (AvgIpc) is 3.59. The molecule has 6 rings (SSSR count). The van der Waals surface area contributed by atoms with Gasteiger partial charge in [0, 0.05) is 75.2 Å². The van der Waals surface area contributed by atoms with Crippen LogP contribution in [0.3, 0.4) is 0 Å². The molecule has 1 N–H and O–H groups in total. The number of anilines is 1. The lowest BCUT2D eigenvalue weighted by atomic mass is 9.89. The van der Waals surface area contributed by atoms with Gasteiger partial charge in [-0.2, -0.15) is 0 Å². The number of fused-ring (bicyclic) bond motifs is 3. The molecule has 3 aliphatic heterocycles. The summed E-state index contributed by atoms with van der Waals surface area (Å²) >= 11 is 0. The Hall–Kier alpha value is -3.50. The SMILES string of the molecule is CC(=O)Nc1cc2c(-c3cc(OCCN4CCCC4=O)c4c(n3)C3(CCOC3)OCC4)cn(C)c2cn1. The number of hydrogen-bond acceptors (Lipinski definition) is 7. The van der Waals surface area contributed by atoms with E-state index in [4.69, 9.17) is 19.2 Å². The van der Waals surface area contributed by atoms with E-state index in [0.29, 0.717) is 51.6 Å². The van der Waals surface area contributed by atoms with E-state index in [9.17, 15) is 9.59 Å². The second-order valence-corrected chi connectivity index (χ2v) is 9.98. The van der Waals surface area contributed by atoms with Crippen molar-refractivity contribution in [1.82, 2.24) is 19.4 Å². The van der Waals surface area contributed by atoms with Crippen LogP contribution < -0.4 is 10.1 Å². The molecular weight excluding hydrogens is 474 g/mol. The van der Waals surface area contributed by atoms with Gasteiger partial charge in [0.25, 0.3) is 0 Å². The van der Waals surface area contributed by atoms with Crippen LogP contribution >= 0.6 is 0 Å². The van der Waals surface area contributed by atoms with Gasteiger partial charge in [0.05, 0.1) is 42.9 Å². The lowest BCUT2D eigenvalue weighted by Gasteiger charge is -2.34. The molecular formula is C27H31N5O5. The van der Waals surface area contributed by atoms with Gasteiger partial charge in [0.15, 0.2) is 0 Å². The number of ether oxygens (including phenoxy) is 3. The summed E-state index contributed by atoms with van der Waals surface area (Å²) in [5, 5.41) is 3.70. The van der Waals surface area contributed by atoms with Gasteiger partial charge in [-0.3, -0.25) is 9.59 Å². The summed E-state index contributed by atoms with van der Waals surface area (Å²) < 4.78 is 20.4. The smallest absolute Gasteiger partial charge is 0.222 e. The van der Waals surface area contributed by atoms with Crippen molar-refractivity contribution in [2.45, 2.75) is 38.2 Å². The van der Waals surface area contributed by atoms with E-state index in [0.717, 1.165) is 58.6 Å². The standard InChI is InChI=1S/C27H31N5O5/c1-17(33)29-24-12-19-20(15-31(2)22(19)14-28-24)21-13-23(36-11-8-32-7-3-4-25(32)34)18-5-9-37-27(26(18)30-21)6-10-35-16-27/h12-15H,3-11,16H2,1-2H3,(H,28,29,33). The highest BCUT2D eigenvalue weighted by molar-refractivity contribution is 5.98. The van der Waals surface area contributed by atoms with E-state index in [1.54, 1.807) is 6.20 Å². The minimum atomic E-state index is -0.583. The number of pyridine rings is 2. The maximum absolute atomic E-state index is 12.1. The molecule has 0 aromatic carbocycles. The molecule has 1 atom stereocenters. The molecule has 0 saturated carbocycles. The van der Waals surface area contributed by atoms with Crippen LogP contribution in [0.2, 0.25) is 0 Å². The Bertz CT molecular complexity index is 1380. The van der Waals surface area contributed by atoms with Gasteiger partial charge < -0.3 is 29.0 Å². The van der Waals surface area contributed by atoms with Crippen molar-refractivity contribution >= 4 is 28.5 Å². The lowest BCUT2D eigenvalue weighted by molar-refractivity contribution is -0.128. The zero-order valence-corrected chi connectivity index (χ0v) is 21.2. The van der Waals surface area contributed by atoms with Gasteiger partial charge >= 0.3 is 0 Å². The first-order valence-electron chi connectivity index (χ1n) is 12.8. The number of carbonyl (C=O) groups is 2. The molecule has 3 aliphatic rings. The van der Waals surface area contributed by atoms with Crippen molar-refractivity contribution < 1.29 is 23.8 Å². The van der Waals surface area contributed by atoms with Gasteiger partial charge in [-0.05, 0) is 12.5 Å². The number of aryl methyl sites for hydroxylation is 1. The highest BCUT2D eigenvalue weighted by Gasteiger charge is 2.44. The van der Waals surface area contributed by atoms with Gasteiger partial charge in [-0.15, -0.1) is 0 Å². The highest BCUT2D eigenvalue weighted by atomic mass is 16.6. The molecule has 6 heterocycles. The molecule has 194 valence electrons. The molecule has 0 bridgehead atoms. The molecule has 10 nitrogen and oxygen atoms in total. The zero-order valence-electron chi connectivity index (χ0n) is 21.2. The topological polar surface area (TPSA) is 108 Å². The van der Waals surface area contributed by atoms with Gasteiger partial charge in [0.2, 0.25) is 11.8 Å². The molecule has 0 aliphatic carbocycles. The van der Waals surface area contributed by atoms with Crippen LogP contribution in [0.5, 0.6) is 5.75 Å². The fraction of sp³-hybridized carbons (Fsp3) is 0.481. The number of hydrogen-bond donors (Lipinski definition) is 1. The first-order chi connectivity index (χ1) is 17.9. The molecule has 3 aromatic heterocycles. The van der Waals surface area contributed by atoms with E-state index in [1.165, 1.54) is 6.92 Å². The van der Waals surface area contributed by atoms with Crippen LogP contribution in [0.15, 0.2) is 24.5 Å². The second-order valence-electron chi connectivity index (χ2n) is 9.98.